The zero-order chi connectivity index (χ0) is 13.8. The maximum Gasteiger partial charge on any atom is 0.127 e. The van der Waals surface area contributed by atoms with E-state index in [9.17, 15) is 4.39 Å². The lowest BCUT2D eigenvalue weighted by molar-refractivity contribution is 0.617. The predicted octanol–water partition coefficient (Wildman–Crippen LogP) is 4.23. The second kappa shape index (κ2) is 5.96. The van der Waals surface area contributed by atoms with Gasteiger partial charge < -0.3 is 5.73 Å². The van der Waals surface area contributed by atoms with E-state index < -0.39 is 0 Å². The molecule has 2 aromatic rings. The largest absolute Gasteiger partial charge is 0.398 e. The van der Waals surface area contributed by atoms with Crippen LogP contribution in [0.1, 0.15) is 11.1 Å². The lowest BCUT2D eigenvalue weighted by Gasteiger charge is -2.05. The molecule has 0 aliphatic heterocycles. The van der Waals surface area contributed by atoms with Gasteiger partial charge in [0.1, 0.15) is 5.82 Å². The second-order valence-electron chi connectivity index (χ2n) is 3.89. The Balaban J connectivity index is 2.14. The van der Waals surface area contributed by atoms with Crippen LogP contribution < -0.4 is 5.73 Å². The molecule has 0 aromatic heterocycles. The van der Waals surface area contributed by atoms with Crippen LogP contribution in [0.25, 0.3) is 0 Å². The van der Waals surface area contributed by atoms with E-state index in [4.69, 9.17) is 22.6 Å². The first kappa shape index (κ1) is 13.7. The summed E-state index contributed by atoms with van der Waals surface area (Å²) in [4.78, 5) is 0.904. The molecule has 2 aromatic carbocycles. The van der Waals surface area contributed by atoms with E-state index in [-0.39, 0.29) is 5.82 Å². The van der Waals surface area contributed by atoms with Crippen LogP contribution in [0.15, 0.2) is 41.3 Å². The number of thioether (sulfide) groups is 1. The van der Waals surface area contributed by atoms with Gasteiger partial charge in [0.25, 0.3) is 0 Å². The smallest absolute Gasteiger partial charge is 0.127 e. The third-order valence-electron chi connectivity index (χ3n) is 2.54. The molecular weight excluding hydrogens is 283 g/mol. The fourth-order valence-electron chi connectivity index (χ4n) is 1.51. The first-order valence-electron chi connectivity index (χ1n) is 5.46. The fourth-order valence-corrected chi connectivity index (χ4v) is 2.67. The lowest BCUT2D eigenvalue weighted by atomic mass is 10.1. The van der Waals surface area contributed by atoms with Gasteiger partial charge >= 0.3 is 0 Å². The van der Waals surface area contributed by atoms with Crippen LogP contribution in [-0.2, 0) is 5.75 Å². The normalized spacial score (nSPS) is 10.2. The first-order chi connectivity index (χ1) is 9.10. The van der Waals surface area contributed by atoms with Gasteiger partial charge in [-0.1, -0.05) is 11.6 Å². The molecule has 0 atom stereocenters. The van der Waals surface area contributed by atoms with Crippen molar-refractivity contribution in [3.8, 4) is 6.07 Å². The van der Waals surface area contributed by atoms with Crippen LogP contribution in [0.3, 0.4) is 0 Å². The summed E-state index contributed by atoms with van der Waals surface area (Å²) in [6, 6.07) is 11.6. The minimum atomic E-state index is -0.312. The number of hydrogen-bond donors (Lipinski definition) is 1. The van der Waals surface area contributed by atoms with E-state index in [0.717, 1.165) is 4.90 Å². The average molecular weight is 293 g/mol. The van der Waals surface area contributed by atoms with Crippen LogP contribution >= 0.6 is 23.4 Å². The van der Waals surface area contributed by atoms with Crippen molar-refractivity contribution < 1.29 is 4.39 Å². The van der Waals surface area contributed by atoms with E-state index in [1.807, 2.05) is 12.1 Å². The van der Waals surface area contributed by atoms with Crippen molar-refractivity contribution in [3.63, 3.8) is 0 Å². The van der Waals surface area contributed by atoms with Crippen molar-refractivity contribution in [2.45, 2.75) is 10.6 Å². The molecule has 5 heteroatoms. The molecule has 2 N–H and O–H groups in total. The Bertz CT molecular complexity index is 652. The molecule has 0 radical (unpaired) electrons. The van der Waals surface area contributed by atoms with Crippen molar-refractivity contribution in [2.75, 3.05) is 5.73 Å². The van der Waals surface area contributed by atoms with E-state index in [1.54, 1.807) is 18.2 Å². The molecule has 0 fully saturated rings. The number of nitrogens with zero attached hydrogens (tertiary/aromatic N) is 1. The highest BCUT2D eigenvalue weighted by Crippen LogP contribution is 2.29. The zero-order valence-electron chi connectivity index (χ0n) is 9.86. The summed E-state index contributed by atoms with van der Waals surface area (Å²) in [6.45, 7) is 0. The quantitative estimate of drug-likeness (QED) is 0.680. The third kappa shape index (κ3) is 3.40. The van der Waals surface area contributed by atoms with Gasteiger partial charge in [0, 0.05) is 10.6 Å². The predicted molar refractivity (Wildman–Crippen MR) is 76.5 cm³/mol. The van der Waals surface area contributed by atoms with Crippen molar-refractivity contribution in [1.82, 2.24) is 0 Å². The number of nitriles is 1. The topological polar surface area (TPSA) is 49.8 Å². The number of nitrogen functional groups attached to an aromatic ring is 1. The van der Waals surface area contributed by atoms with Gasteiger partial charge in [-0.25, -0.2) is 4.39 Å². The molecule has 0 heterocycles. The maximum atomic E-state index is 13.6. The Morgan fingerprint density at radius 3 is 2.74 bits per heavy atom. The van der Waals surface area contributed by atoms with Gasteiger partial charge in [-0.15, -0.1) is 11.8 Å². The van der Waals surface area contributed by atoms with Gasteiger partial charge in [-0.05, 0) is 42.0 Å². The molecule has 2 rings (SSSR count). The SMILES string of the molecule is N#Cc1ccc(F)c(CSc2ccc(N)c(Cl)c2)c1. The van der Waals surface area contributed by atoms with Crippen LogP contribution in [0.5, 0.6) is 0 Å². The van der Waals surface area contributed by atoms with Crippen LogP contribution in [0.2, 0.25) is 5.02 Å². The maximum absolute atomic E-state index is 13.6. The molecule has 0 saturated carbocycles. The van der Waals surface area contributed by atoms with Gasteiger partial charge in [0.15, 0.2) is 0 Å². The number of anilines is 1. The van der Waals surface area contributed by atoms with Crippen molar-refractivity contribution in [3.05, 3.63) is 58.4 Å². The summed E-state index contributed by atoms with van der Waals surface area (Å²) < 4.78 is 13.6. The molecule has 2 nitrogen and oxygen atoms in total. The zero-order valence-corrected chi connectivity index (χ0v) is 11.4. The first-order valence-corrected chi connectivity index (χ1v) is 6.83. The molecule has 19 heavy (non-hydrogen) atoms. The second-order valence-corrected chi connectivity index (χ2v) is 5.35. The Morgan fingerprint density at radius 2 is 2.05 bits per heavy atom. The number of benzene rings is 2. The Kier molecular flexibility index (Phi) is 4.31. The van der Waals surface area contributed by atoms with Crippen LogP contribution in [0, 0.1) is 17.1 Å². The third-order valence-corrected chi connectivity index (χ3v) is 3.91. The molecular formula is C14H10ClFN2S. The molecule has 0 unspecified atom stereocenters. The summed E-state index contributed by atoms with van der Waals surface area (Å²) in [7, 11) is 0. The van der Waals surface area contributed by atoms with Gasteiger partial charge in [-0.3, -0.25) is 0 Å². The summed E-state index contributed by atoms with van der Waals surface area (Å²) in [5, 5.41) is 9.28. The average Bonchev–Trinajstić information content (AvgIpc) is 2.41. The van der Waals surface area contributed by atoms with E-state index >= 15 is 0 Å². The number of halogens is 2. The van der Waals surface area contributed by atoms with Gasteiger partial charge in [-0.2, -0.15) is 5.26 Å². The summed E-state index contributed by atoms with van der Waals surface area (Å²) in [6.07, 6.45) is 0. The molecule has 0 amide bonds. The molecule has 0 bridgehead atoms. The Morgan fingerprint density at radius 1 is 1.26 bits per heavy atom. The number of nitrogens with two attached hydrogens (primary N) is 1. The molecule has 0 spiro atoms. The summed E-state index contributed by atoms with van der Waals surface area (Å²) in [5.74, 6) is 0.120. The van der Waals surface area contributed by atoms with Crippen LogP contribution in [0.4, 0.5) is 10.1 Å². The highest BCUT2D eigenvalue weighted by Gasteiger charge is 2.05. The monoisotopic (exact) mass is 292 g/mol. The van der Waals surface area contributed by atoms with Gasteiger partial charge in [0.05, 0.1) is 22.3 Å². The number of hydrogen-bond acceptors (Lipinski definition) is 3. The van der Waals surface area contributed by atoms with Gasteiger partial charge in [0.2, 0.25) is 0 Å². The van der Waals surface area contributed by atoms with Crippen molar-refractivity contribution >= 4 is 29.1 Å². The number of rotatable bonds is 3. The van der Waals surface area contributed by atoms with Crippen LogP contribution in [-0.4, -0.2) is 0 Å². The molecule has 0 aliphatic rings. The standard InChI is InChI=1S/C14H10ClFN2S/c15-12-6-11(2-4-14(12)18)19-8-10-5-9(7-17)1-3-13(10)16/h1-6H,8,18H2. The highest BCUT2D eigenvalue weighted by atomic mass is 35.5. The Hall–Kier alpha value is -1.70. The fraction of sp³-hybridized carbons (Fsp3) is 0.0714. The Labute approximate surface area is 120 Å². The molecule has 0 aliphatic carbocycles. The minimum Gasteiger partial charge on any atom is -0.398 e. The van der Waals surface area contributed by atoms with E-state index in [1.165, 1.54) is 23.9 Å². The van der Waals surface area contributed by atoms with Crippen molar-refractivity contribution in [1.29, 1.82) is 5.26 Å². The molecule has 0 saturated heterocycles. The summed E-state index contributed by atoms with van der Waals surface area (Å²) >= 11 is 7.36. The van der Waals surface area contributed by atoms with Crippen molar-refractivity contribution in [2.24, 2.45) is 0 Å². The van der Waals surface area contributed by atoms with E-state index in [2.05, 4.69) is 0 Å². The molecule has 96 valence electrons. The van der Waals surface area contributed by atoms with E-state index in [0.29, 0.717) is 27.6 Å². The summed E-state index contributed by atoms with van der Waals surface area (Å²) in [5.41, 5.74) is 7.09. The lowest BCUT2D eigenvalue weighted by Crippen LogP contribution is -1.90. The minimum absolute atomic E-state index is 0.312. The highest BCUT2D eigenvalue weighted by molar-refractivity contribution is 7.98.